The van der Waals surface area contributed by atoms with Gasteiger partial charge >= 0.3 is 0 Å². The Morgan fingerprint density at radius 1 is 1.32 bits per heavy atom. The van der Waals surface area contributed by atoms with Crippen LogP contribution in [0.3, 0.4) is 0 Å². The van der Waals surface area contributed by atoms with Crippen molar-refractivity contribution in [1.29, 1.82) is 0 Å². The summed E-state index contributed by atoms with van der Waals surface area (Å²) in [6.45, 7) is 8.18. The standard InChI is InChI=1S/C16H26N2O/c1-3-19-14-8-10-18(11-9-14)12-16(17)15-7-5-4-6-13(15)2/h4-7,14,16H,3,8-12,17H2,1-2H3. The van der Waals surface area contributed by atoms with Gasteiger partial charge in [0.05, 0.1) is 6.10 Å². The normalized spacial score (nSPS) is 19.5. The van der Waals surface area contributed by atoms with Crippen molar-refractivity contribution in [2.45, 2.75) is 38.8 Å². The van der Waals surface area contributed by atoms with Crippen LogP contribution in [-0.4, -0.2) is 37.2 Å². The van der Waals surface area contributed by atoms with Crippen molar-refractivity contribution in [3.63, 3.8) is 0 Å². The van der Waals surface area contributed by atoms with Gasteiger partial charge in [-0.3, -0.25) is 0 Å². The van der Waals surface area contributed by atoms with Crippen LogP contribution in [0.4, 0.5) is 0 Å². The van der Waals surface area contributed by atoms with E-state index in [0.29, 0.717) is 6.10 Å². The molecule has 0 aromatic heterocycles. The van der Waals surface area contributed by atoms with E-state index >= 15 is 0 Å². The molecular weight excluding hydrogens is 236 g/mol. The third kappa shape index (κ3) is 4.03. The van der Waals surface area contributed by atoms with Gasteiger partial charge in [0.2, 0.25) is 0 Å². The Balaban J connectivity index is 1.84. The minimum atomic E-state index is 0.116. The number of nitrogens with two attached hydrogens (primary N) is 1. The molecule has 106 valence electrons. The molecule has 1 atom stereocenters. The molecule has 2 N–H and O–H groups in total. The zero-order chi connectivity index (χ0) is 13.7. The van der Waals surface area contributed by atoms with Crippen LogP contribution in [0.5, 0.6) is 0 Å². The number of rotatable bonds is 5. The van der Waals surface area contributed by atoms with Gasteiger partial charge in [-0.25, -0.2) is 0 Å². The summed E-state index contributed by atoms with van der Waals surface area (Å²) in [5.74, 6) is 0. The summed E-state index contributed by atoms with van der Waals surface area (Å²) >= 11 is 0. The van der Waals surface area contributed by atoms with E-state index in [0.717, 1.165) is 39.1 Å². The molecule has 0 amide bonds. The van der Waals surface area contributed by atoms with Crippen molar-refractivity contribution in [1.82, 2.24) is 4.90 Å². The first kappa shape index (κ1) is 14.5. The molecular formula is C16H26N2O. The molecule has 0 bridgehead atoms. The Bertz CT molecular complexity index is 386. The summed E-state index contributed by atoms with van der Waals surface area (Å²) in [5.41, 5.74) is 8.91. The lowest BCUT2D eigenvalue weighted by atomic mass is 10.0. The zero-order valence-electron chi connectivity index (χ0n) is 12.1. The van der Waals surface area contributed by atoms with Crippen molar-refractivity contribution in [2.75, 3.05) is 26.2 Å². The van der Waals surface area contributed by atoms with Gasteiger partial charge in [0.15, 0.2) is 0 Å². The van der Waals surface area contributed by atoms with Gasteiger partial charge < -0.3 is 15.4 Å². The number of piperidine rings is 1. The molecule has 1 aromatic rings. The predicted molar refractivity (Wildman–Crippen MR) is 79.2 cm³/mol. The average molecular weight is 262 g/mol. The molecule has 3 heteroatoms. The second-order valence-corrected chi connectivity index (χ2v) is 5.42. The van der Waals surface area contributed by atoms with Crippen molar-refractivity contribution < 1.29 is 4.74 Å². The lowest BCUT2D eigenvalue weighted by molar-refractivity contribution is 0.0131. The molecule has 1 aliphatic heterocycles. The Kier molecular flexibility index (Phi) is 5.37. The van der Waals surface area contributed by atoms with E-state index in [9.17, 15) is 0 Å². The van der Waals surface area contributed by atoms with Gasteiger partial charge in [-0.2, -0.15) is 0 Å². The number of aryl methyl sites for hydroxylation is 1. The van der Waals surface area contributed by atoms with Crippen molar-refractivity contribution in [2.24, 2.45) is 5.73 Å². The Morgan fingerprint density at radius 2 is 2.00 bits per heavy atom. The van der Waals surface area contributed by atoms with E-state index < -0.39 is 0 Å². The number of ether oxygens (including phenoxy) is 1. The second-order valence-electron chi connectivity index (χ2n) is 5.42. The molecule has 0 radical (unpaired) electrons. The molecule has 3 nitrogen and oxygen atoms in total. The Hall–Kier alpha value is -0.900. The lowest BCUT2D eigenvalue weighted by Gasteiger charge is -2.33. The minimum Gasteiger partial charge on any atom is -0.378 e. The van der Waals surface area contributed by atoms with Crippen molar-refractivity contribution in [3.8, 4) is 0 Å². The van der Waals surface area contributed by atoms with Gasteiger partial charge in [-0.15, -0.1) is 0 Å². The van der Waals surface area contributed by atoms with Gasteiger partial charge in [-0.05, 0) is 37.8 Å². The molecule has 1 saturated heterocycles. The van der Waals surface area contributed by atoms with Crippen LogP contribution < -0.4 is 5.73 Å². The van der Waals surface area contributed by atoms with Crippen molar-refractivity contribution >= 4 is 0 Å². The number of nitrogens with zero attached hydrogens (tertiary/aromatic N) is 1. The molecule has 0 spiro atoms. The van der Waals surface area contributed by atoms with Crippen LogP contribution >= 0.6 is 0 Å². The maximum absolute atomic E-state index is 6.35. The number of benzene rings is 1. The molecule has 0 saturated carbocycles. The molecule has 1 fully saturated rings. The summed E-state index contributed by atoms with van der Waals surface area (Å²) in [5, 5.41) is 0. The number of hydrogen-bond donors (Lipinski definition) is 1. The highest BCUT2D eigenvalue weighted by Gasteiger charge is 2.21. The van der Waals surface area contributed by atoms with Crippen LogP contribution in [0.25, 0.3) is 0 Å². The van der Waals surface area contributed by atoms with Crippen molar-refractivity contribution in [3.05, 3.63) is 35.4 Å². The first-order chi connectivity index (χ1) is 9.20. The SMILES string of the molecule is CCOC1CCN(CC(N)c2ccccc2C)CC1. The fraction of sp³-hybridized carbons (Fsp3) is 0.625. The summed E-state index contributed by atoms with van der Waals surface area (Å²) in [4.78, 5) is 2.46. The third-order valence-electron chi connectivity index (χ3n) is 3.98. The first-order valence-electron chi connectivity index (χ1n) is 7.35. The highest BCUT2D eigenvalue weighted by molar-refractivity contribution is 5.28. The summed E-state index contributed by atoms with van der Waals surface area (Å²) in [6, 6.07) is 8.54. The monoisotopic (exact) mass is 262 g/mol. The first-order valence-corrected chi connectivity index (χ1v) is 7.35. The quantitative estimate of drug-likeness (QED) is 0.886. The van der Waals surface area contributed by atoms with E-state index in [-0.39, 0.29) is 6.04 Å². The van der Waals surface area contributed by atoms with Gasteiger partial charge in [0, 0.05) is 32.3 Å². The molecule has 1 unspecified atom stereocenters. The van der Waals surface area contributed by atoms with Gasteiger partial charge in [0.25, 0.3) is 0 Å². The minimum absolute atomic E-state index is 0.116. The molecule has 1 aromatic carbocycles. The fourth-order valence-corrected chi connectivity index (χ4v) is 2.87. The van der Waals surface area contributed by atoms with E-state index in [1.165, 1.54) is 11.1 Å². The lowest BCUT2D eigenvalue weighted by Crippen LogP contribution is -2.40. The highest BCUT2D eigenvalue weighted by atomic mass is 16.5. The molecule has 0 aliphatic carbocycles. The summed E-state index contributed by atoms with van der Waals surface area (Å²) in [7, 11) is 0. The second kappa shape index (κ2) is 7.04. The maximum Gasteiger partial charge on any atom is 0.0599 e. The maximum atomic E-state index is 6.35. The van der Waals surface area contributed by atoms with Crippen LogP contribution in [0.2, 0.25) is 0 Å². The molecule has 2 rings (SSSR count). The zero-order valence-corrected chi connectivity index (χ0v) is 12.1. The molecule has 19 heavy (non-hydrogen) atoms. The average Bonchev–Trinajstić information content (AvgIpc) is 2.42. The van der Waals surface area contributed by atoms with Crippen LogP contribution in [0.15, 0.2) is 24.3 Å². The molecule has 1 heterocycles. The Labute approximate surface area is 116 Å². The predicted octanol–water partition coefficient (Wildman–Crippen LogP) is 2.50. The smallest absolute Gasteiger partial charge is 0.0599 e. The van der Waals surface area contributed by atoms with E-state index in [2.05, 4.69) is 43.0 Å². The van der Waals surface area contributed by atoms with E-state index in [1.54, 1.807) is 0 Å². The van der Waals surface area contributed by atoms with Gasteiger partial charge in [-0.1, -0.05) is 24.3 Å². The van der Waals surface area contributed by atoms with Crippen LogP contribution in [0.1, 0.15) is 36.9 Å². The van der Waals surface area contributed by atoms with Crippen LogP contribution in [0, 0.1) is 6.92 Å². The van der Waals surface area contributed by atoms with Crippen LogP contribution in [-0.2, 0) is 4.74 Å². The third-order valence-corrected chi connectivity index (χ3v) is 3.98. The fourth-order valence-electron chi connectivity index (χ4n) is 2.87. The van der Waals surface area contributed by atoms with E-state index in [4.69, 9.17) is 10.5 Å². The largest absolute Gasteiger partial charge is 0.378 e. The summed E-state index contributed by atoms with van der Waals surface area (Å²) in [6.07, 6.45) is 2.72. The number of likely N-dealkylation sites (tertiary alicyclic amines) is 1. The topological polar surface area (TPSA) is 38.5 Å². The Morgan fingerprint density at radius 3 is 2.63 bits per heavy atom. The highest BCUT2D eigenvalue weighted by Crippen LogP contribution is 2.19. The number of hydrogen-bond acceptors (Lipinski definition) is 3. The summed E-state index contributed by atoms with van der Waals surface area (Å²) < 4.78 is 5.68. The molecule has 1 aliphatic rings. The van der Waals surface area contributed by atoms with E-state index in [1.807, 2.05) is 0 Å². The van der Waals surface area contributed by atoms with Gasteiger partial charge in [0.1, 0.15) is 0 Å².